The van der Waals surface area contributed by atoms with Crippen molar-refractivity contribution in [3.05, 3.63) is 0 Å². The third-order valence-electron chi connectivity index (χ3n) is 1.14. The second-order valence-corrected chi connectivity index (χ2v) is 2.18. The van der Waals surface area contributed by atoms with Crippen LogP contribution in [0.15, 0.2) is 0 Å². The highest BCUT2D eigenvalue weighted by molar-refractivity contribution is 6.05. The fourth-order valence-corrected chi connectivity index (χ4v) is 0.576. The summed E-state index contributed by atoms with van der Waals surface area (Å²) in [6.45, 7) is 1.64. The van der Waals surface area contributed by atoms with Gasteiger partial charge in [-0.15, -0.1) is 0 Å². The van der Waals surface area contributed by atoms with E-state index in [-0.39, 0.29) is 36.0 Å². The van der Waals surface area contributed by atoms with Crippen LogP contribution in [0.2, 0.25) is 0 Å². The molecule has 0 aliphatic carbocycles. The molecule has 0 fully saturated rings. The van der Waals surface area contributed by atoms with Crippen molar-refractivity contribution in [1.29, 1.82) is 0 Å². The number of carbonyl (C=O) groups is 3. The van der Waals surface area contributed by atoms with Crippen LogP contribution in [0.25, 0.3) is 0 Å². The largest absolute Gasteiger partial charge is 0.481 e. The van der Waals surface area contributed by atoms with Crippen LogP contribution in [-0.4, -0.2) is 40.0 Å². The van der Waals surface area contributed by atoms with E-state index in [9.17, 15) is 14.4 Å². The molecule has 0 rings (SSSR count). The average Bonchev–Trinajstić information content (AvgIpc) is 1.85. The lowest BCUT2D eigenvalue weighted by atomic mass is 10.1. The number of rotatable bonds is 5. The standard InChI is InChI=1S/C7H10O4.Al.3H/c1-2-5(8)3-6(9)4-7(10)11;;;;/h2-4H2,1H3,(H,10,11);;;;. The molecular formula is C7H13AlO4. The number of carbonyl (C=O) groups excluding carboxylic acids is 2. The van der Waals surface area contributed by atoms with Crippen LogP contribution >= 0.6 is 0 Å². The van der Waals surface area contributed by atoms with Gasteiger partial charge in [0.2, 0.25) is 0 Å². The van der Waals surface area contributed by atoms with Crippen LogP contribution < -0.4 is 0 Å². The summed E-state index contributed by atoms with van der Waals surface area (Å²) >= 11 is 0. The van der Waals surface area contributed by atoms with E-state index in [1.165, 1.54) is 0 Å². The number of Topliss-reactive ketones (excluding diaryl/α,β-unsaturated/α-hetero) is 2. The predicted molar refractivity (Wildman–Crippen MR) is 47.1 cm³/mol. The molecule has 0 amide bonds. The van der Waals surface area contributed by atoms with Gasteiger partial charge in [0.05, 0.1) is 6.42 Å². The Balaban J connectivity index is 0. The van der Waals surface area contributed by atoms with Gasteiger partial charge in [-0.05, 0) is 0 Å². The second-order valence-electron chi connectivity index (χ2n) is 2.18. The number of carboxylic acid groups (broad SMARTS) is 1. The van der Waals surface area contributed by atoms with Gasteiger partial charge >= 0.3 is 5.97 Å². The summed E-state index contributed by atoms with van der Waals surface area (Å²) in [5.41, 5.74) is 0. The van der Waals surface area contributed by atoms with E-state index in [0.717, 1.165) is 0 Å². The highest BCUT2D eigenvalue weighted by Gasteiger charge is 2.10. The Morgan fingerprint density at radius 1 is 1.08 bits per heavy atom. The number of hydrogen-bond donors (Lipinski definition) is 1. The van der Waals surface area contributed by atoms with E-state index < -0.39 is 18.2 Å². The molecule has 0 heterocycles. The van der Waals surface area contributed by atoms with Crippen LogP contribution in [0.1, 0.15) is 26.2 Å². The van der Waals surface area contributed by atoms with E-state index in [2.05, 4.69) is 0 Å². The molecule has 0 aromatic carbocycles. The van der Waals surface area contributed by atoms with Crippen molar-refractivity contribution >= 4 is 34.9 Å². The zero-order valence-electron chi connectivity index (χ0n) is 6.29. The second kappa shape index (κ2) is 7.02. The minimum atomic E-state index is -1.18. The summed E-state index contributed by atoms with van der Waals surface area (Å²) < 4.78 is 0. The first-order valence-electron chi connectivity index (χ1n) is 3.31. The molecule has 68 valence electrons. The summed E-state index contributed by atoms with van der Waals surface area (Å²) in [7, 11) is 0. The van der Waals surface area contributed by atoms with Crippen LogP contribution in [0, 0.1) is 0 Å². The van der Waals surface area contributed by atoms with E-state index in [4.69, 9.17) is 5.11 Å². The minimum Gasteiger partial charge on any atom is -0.481 e. The normalized spacial score (nSPS) is 8.42. The maximum absolute atomic E-state index is 10.6. The van der Waals surface area contributed by atoms with Gasteiger partial charge in [-0.3, -0.25) is 14.4 Å². The molecule has 0 bridgehead atoms. The van der Waals surface area contributed by atoms with Crippen molar-refractivity contribution in [3.8, 4) is 0 Å². The smallest absolute Gasteiger partial charge is 0.310 e. The van der Waals surface area contributed by atoms with Gasteiger partial charge in [-0.2, -0.15) is 0 Å². The Kier molecular flexibility index (Phi) is 8.13. The molecule has 0 aromatic heterocycles. The molecule has 0 unspecified atom stereocenters. The molecule has 0 saturated carbocycles. The van der Waals surface area contributed by atoms with Gasteiger partial charge in [0.15, 0.2) is 23.1 Å². The first kappa shape index (κ1) is 13.9. The Morgan fingerprint density at radius 3 is 1.92 bits per heavy atom. The van der Waals surface area contributed by atoms with E-state index in [0.29, 0.717) is 0 Å². The van der Waals surface area contributed by atoms with Crippen LogP contribution in [0.3, 0.4) is 0 Å². The topological polar surface area (TPSA) is 71.4 Å². The van der Waals surface area contributed by atoms with Crippen LogP contribution in [0.4, 0.5) is 0 Å². The molecular weight excluding hydrogens is 175 g/mol. The quantitative estimate of drug-likeness (QED) is 0.453. The minimum absolute atomic E-state index is 0. The fraction of sp³-hybridized carbons (Fsp3) is 0.571. The number of carboxylic acids is 1. The van der Waals surface area contributed by atoms with Gasteiger partial charge in [0.1, 0.15) is 12.2 Å². The van der Waals surface area contributed by atoms with Crippen molar-refractivity contribution < 1.29 is 19.5 Å². The highest BCUT2D eigenvalue weighted by atomic mass is 27.0. The molecule has 1 N–H and O–H groups in total. The van der Waals surface area contributed by atoms with Gasteiger partial charge in [0, 0.05) is 6.42 Å². The summed E-state index contributed by atoms with van der Waals surface area (Å²) in [6.07, 6.45) is -0.514. The van der Waals surface area contributed by atoms with E-state index >= 15 is 0 Å². The number of ketones is 2. The van der Waals surface area contributed by atoms with Crippen molar-refractivity contribution in [2.24, 2.45) is 0 Å². The van der Waals surface area contributed by atoms with Crippen molar-refractivity contribution in [2.45, 2.75) is 26.2 Å². The third kappa shape index (κ3) is 7.45. The Labute approximate surface area is 81.1 Å². The lowest BCUT2D eigenvalue weighted by Crippen LogP contribution is -2.11. The summed E-state index contributed by atoms with van der Waals surface area (Å²) in [6, 6.07) is 0. The average molecular weight is 188 g/mol. The maximum atomic E-state index is 10.6. The zero-order valence-corrected chi connectivity index (χ0v) is 6.29. The highest BCUT2D eigenvalue weighted by Crippen LogP contribution is 1.94. The molecule has 5 heteroatoms. The van der Waals surface area contributed by atoms with Gasteiger partial charge in [-0.1, -0.05) is 6.92 Å². The molecule has 4 nitrogen and oxygen atoms in total. The first-order chi connectivity index (χ1) is 5.06. The van der Waals surface area contributed by atoms with Crippen molar-refractivity contribution in [2.75, 3.05) is 0 Å². The SMILES string of the molecule is CCC(=O)CC(=O)CC(=O)O.[AlH3]. The van der Waals surface area contributed by atoms with Crippen molar-refractivity contribution in [1.82, 2.24) is 0 Å². The predicted octanol–water partition coefficient (Wildman–Crippen LogP) is -0.784. The summed E-state index contributed by atoms with van der Waals surface area (Å²) in [4.78, 5) is 31.2. The first-order valence-corrected chi connectivity index (χ1v) is 3.31. The molecule has 0 aliphatic rings. The molecule has 0 aromatic rings. The Bertz CT molecular complexity index is 188. The Hall–Kier alpha value is -0.658. The van der Waals surface area contributed by atoms with Gasteiger partial charge in [0.25, 0.3) is 0 Å². The van der Waals surface area contributed by atoms with Crippen LogP contribution in [-0.2, 0) is 14.4 Å². The Morgan fingerprint density at radius 2 is 1.58 bits per heavy atom. The molecule has 0 spiro atoms. The molecule has 0 saturated heterocycles. The van der Waals surface area contributed by atoms with E-state index in [1.807, 2.05) is 0 Å². The van der Waals surface area contributed by atoms with Gasteiger partial charge < -0.3 is 5.11 Å². The number of aliphatic carboxylic acids is 1. The zero-order chi connectivity index (χ0) is 8.85. The fourth-order valence-electron chi connectivity index (χ4n) is 0.576. The lowest BCUT2D eigenvalue weighted by molar-refractivity contribution is -0.140. The summed E-state index contributed by atoms with van der Waals surface area (Å²) in [5.74, 6) is -1.92. The van der Waals surface area contributed by atoms with Crippen LogP contribution in [0.5, 0.6) is 0 Å². The molecule has 0 atom stereocenters. The van der Waals surface area contributed by atoms with Gasteiger partial charge in [-0.25, -0.2) is 0 Å². The van der Waals surface area contributed by atoms with Crippen molar-refractivity contribution in [3.63, 3.8) is 0 Å². The third-order valence-corrected chi connectivity index (χ3v) is 1.14. The molecule has 0 radical (unpaired) electrons. The molecule has 0 aliphatic heterocycles. The summed E-state index contributed by atoms with van der Waals surface area (Å²) in [5, 5.41) is 8.14. The number of hydrogen-bond acceptors (Lipinski definition) is 3. The maximum Gasteiger partial charge on any atom is 0.310 e. The molecule has 12 heavy (non-hydrogen) atoms. The van der Waals surface area contributed by atoms with E-state index in [1.54, 1.807) is 6.92 Å². The monoisotopic (exact) mass is 188 g/mol. The lowest BCUT2D eigenvalue weighted by Gasteiger charge is -1.93.